The molecule has 31 heavy (non-hydrogen) atoms. The van der Waals surface area contributed by atoms with Crippen LogP contribution in [0.1, 0.15) is 123 Å². The highest BCUT2D eigenvalue weighted by Gasteiger charge is 2.28. The first-order valence-corrected chi connectivity index (χ1v) is 12.9. The third-order valence-corrected chi connectivity index (χ3v) is 6.07. The lowest BCUT2D eigenvalue weighted by Crippen LogP contribution is -2.53. The molecule has 0 aromatic heterocycles. The van der Waals surface area contributed by atoms with Gasteiger partial charge in [-0.15, -0.1) is 0 Å². The monoisotopic (exact) mass is 445 g/mol. The zero-order valence-electron chi connectivity index (χ0n) is 20.2. The van der Waals surface area contributed by atoms with Gasteiger partial charge in [-0.05, 0) is 12.8 Å². The van der Waals surface area contributed by atoms with Crippen LogP contribution in [0.3, 0.4) is 0 Å². The largest absolute Gasteiger partial charge is 0.394 e. The lowest BCUT2D eigenvalue weighted by atomic mass is 10.0. The molecule has 6 nitrogen and oxygen atoms in total. The van der Waals surface area contributed by atoms with E-state index in [2.05, 4.69) is 12.2 Å². The van der Waals surface area contributed by atoms with Crippen molar-refractivity contribution in [2.24, 2.45) is 0 Å². The topological polar surface area (TPSA) is 110 Å². The van der Waals surface area contributed by atoms with Crippen LogP contribution in [0.5, 0.6) is 0 Å². The number of carbonyl (C=O) groups is 1. The molecule has 1 amide bonds. The molecule has 0 aliphatic carbocycles. The summed E-state index contributed by atoms with van der Waals surface area (Å²) in [5.41, 5.74) is 0. The van der Waals surface area contributed by atoms with Crippen LogP contribution in [0.15, 0.2) is 0 Å². The number of aliphatic hydroxyl groups excluding tert-OH is 4. The molecule has 0 spiro atoms. The van der Waals surface area contributed by atoms with Gasteiger partial charge in [0.25, 0.3) is 0 Å². The summed E-state index contributed by atoms with van der Waals surface area (Å²) in [6.45, 7) is 3.74. The fourth-order valence-electron chi connectivity index (χ4n) is 3.86. The minimum absolute atomic E-state index is 0.371. The molecule has 0 bridgehead atoms. The van der Waals surface area contributed by atoms with Crippen molar-refractivity contribution in [3.63, 3.8) is 0 Å². The Bertz CT molecular complexity index is 407. The summed E-state index contributed by atoms with van der Waals surface area (Å²) in [4.78, 5) is 12.1. The number of hydrogen-bond acceptors (Lipinski definition) is 5. The fourth-order valence-corrected chi connectivity index (χ4v) is 3.86. The van der Waals surface area contributed by atoms with Crippen molar-refractivity contribution >= 4 is 5.91 Å². The quantitative estimate of drug-likeness (QED) is 0.160. The van der Waals surface area contributed by atoms with Gasteiger partial charge in [-0.25, -0.2) is 0 Å². The molecule has 4 atom stereocenters. The van der Waals surface area contributed by atoms with Gasteiger partial charge in [0, 0.05) is 0 Å². The van der Waals surface area contributed by atoms with E-state index in [1.54, 1.807) is 0 Å². The Morgan fingerprint density at radius 3 is 1.58 bits per heavy atom. The molecule has 0 radical (unpaired) electrons. The summed E-state index contributed by atoms with van der Waals surface area (Å²) in [5.74, 6) is -0.597. The van der Waals surface area contributed by atoms with Crippen LogP contribution in [0.2, 0.25) is 0 Å². The summed E-state index contributed by atoms with van der Waals surface area (Å²) in [6, 6.07) is -0.972. The second kappa shape index (κ2) is 21.2. The number of aliphatic hydroxyl groups is 4. The molecular formula is C25H51NO5. The maximum atomic E-state index is 12.1. The van der Waals surface area contributed by atoms with Crippen LogP contribution in [0, 0.1) is 0 Å². The van der Waals surface area contributed by atoms with E-state index in [0.29, 0.717) is 12.8 Å². The minimum atomic E-state index is -1.25. The Labute approximate surface area is 190 Å². The predicted octanol–water partition coefficient (Wildman–Crippen LogP) is 4.22. The molecular weight excluding hydrogens is 394 g/mol. The maximum absolute atomic E-state index is 12.1. The summed E-state index contributed by atoms with van der Waals surface area (Å²) in [6.07, 6.45) is 15.1. The first-order chi connectivity index (χ1) is 15.0. The Kier molecular flexibility index (Phi) is 20.7. The van der Waals surface area contributed by atoms with Gasteiger partial charge in [-0.1, -0.05) is 110 Å². The van der Waals surface area contributed by atoms with Gasteiger partial charge in [-0.2, -0.15) is 0 Å². The standard InChI is InChI=1S/C25H51NO5/c1-3-5-7-8-9-10-11-12-13-14-15-16-17-19-23(29)25(31)26-21(20-27)24(30)22(28)18-6-4-2/h21-24,27-30H,3-20H2,1-2H3,(H,26,31). The second-order valence-corrected chi connectivity index (χ2v) is 9.04. The van der Waals surface area contributed by atoms with Crippen molar-refractivity contribution in [2.75, 3.05) is 6.61 Å². The summed E-state index contributed by atoms with van der Waals surface area (Å²) < 4.78 is 0. The van der Waals surface area contributed by atoms with Gasteiger partial charge < -0.3 is 25.7 Å². The van der Waals surface area contributed by atoms with Crippen molar-refractivity contribution in [3.8, 4) is 0 Å². The maximum Gasteiger partial charge on any atom is 0.249 e. The SMILES string of the molecule is CCCCCCCCCCCCCCCC(O)C(=O)NC(CO)C(O)C(O)CCCC. The van der Waals surface area contributed by atoms with Gasteiger partial charge in [-0.3, -0.25) is 4.79 Å². The molecule has 0 saturated heterocycles. The van der Waals surface area contributed by atoms with Crippen molar-refractivity contribution in [2.45, 2.75) is 147 Å². The number of carbonyl (C=O) groups excluding carboxylic acids is 1. The first kappa shape index (κ1) is 30.3. The molecule has 4 unspecified atom stereocenters. The number of amides is 1. The van der Waals surface area contributed by atoms with Gasteiger partial charge in [0.05, 0.1) is 18.8 Å². The Morgan fingerprint density at radius 1 is 0.677 bits per heavy atom. The first-order valence-electron chi connectivity index (χ1n) is 12.9. The van der Waals surface area contributed by atoms with Crippen LogP contribution in [0.25, 0.3) is 0 Å². The Hall–Kier alpha value is -0.690. The fraction of sp³-hybridized carbons (Fsp3) is 0.960. The van der Waals surface area contributed by atoms with E-state index in [1.807, 2.05) is 6.92 Å². The van der Waals surface area contributed by atoms with E-state index in [9.17, 15) is 25.2 Å². The van der Waals surface area contributed by atoms with E-state index < -0.39 is 36.9 Å². The number of nitrogens with one attached hydrogen (secondary N) is 1. The van der Waals surface area contributed by atoms with Crippen LogP contribution < -0.4 is 5.32 Å². The molecule has 0 rings (SSSR count). The molecule has 6 heteroatoms. The molecule has 0 saturated carbocycles. The highest BCUT2D eigenvalue weighted by atomic mass is 16.3. The third-order valence-electron chi connectivity index (χ3n) is 6.07. The zero-order chi connectivity index (χ0) is 23.3. The highest BCUT2D eigenvalue weighted by molar-refractivity contribution is 5.80. The van der Waals surface area contributed by atoms with Crippen LogP contribution in [-0.4, -0.2) is 57.3 Å². The lowest BCUT2D eigenvalue weighted by molar-refractivity contribution is -0.132. The number of hydrogen-bond donors (Lipinski definition) is 5. The summed E-state index contributed by atoms with van der Waals surface area (Å²) in [5, 5.41) is 42.1. The normalized spacial score (nSPS) is 15.4. The van der Waals surface area contributed by atoms with Crippen LogP contribution in [0.4, 0.5) is 0 Å². The van der Waals surface area contributed by atoms with Crippen molar-refractivity contribution < 1.29 is 25.2 Å². The molecule has 0 fully saturated rings. The van der Waals surface area contributed by atoms with E-state index in [1.165, 1.54) is 64.2 Å². The smallest absolute Gasteiger partial charge is 0.249 e. The zero-order valence-corrected chi connectivity index (χ0v) is 20.2. The second-order valence-electron chi connectivity index (χ2n) is 9.04. The average Bonchev–Trinajstić information content (AvgIpc) is 2.77. The van der Waals surface area contributed by atoms with Crippen LogP contribution in [-0.2, 0) is 4.79 Å². The minimum Gasteiger partial charge on any atom is -0.394 e. The van der Waals surface area contributed by atoms with Gasteiger partial charge in [0.1, 0.15) is 12.2 Å². The Morgan fingerprint density at radius 2 is 1.13 bits per heavy atom. The van der Waals surface area contributed by atoms with E-state index in [-0.39, 0.29) is 0 Å². The summed E-state index contributed by atoms with van der Waals surface area (Å²) in [7, 11) is 0. The van der Waals surface area contributed by atoms with Crippen molar-refractivity contribution in [3.05, 3.63) is 0 Å². The van der Waals surface area contributed by atoms with Crippen LogP contribution >= 0.6 is 0 Å². The molecule has 186 valence electrons. The molecule has 0 heterocycles. The van der Waals surface area contributed by atoms with E-state index in [4.69, 9.17) is 0 Å². The predicted molar refractivity (Wildman–Crippen MR) is 127 cm³/mol. The van der Waals surface area contributed by atoms with Gasteiger partial charge >= 0.3 is 0 Å². The average molecular weight is 446 g/mol. The number of rotatable bonds is 22. The third kappa shape index (κ3) is 16.6. The number of unbranched alkanes of at least 4 members (excludes halogenated alkanes) is 13. The van der Waals surface area contributed by atoms with Gasteiger partial charge in [0.2, 0.25) is 5.91 Å². The van der Waals surface area contributed by atoms with E-state index in [0.717, 1.165) is 32.1 Å². The Balaban J connectivity index is 3.77. The molecule has 0 aromatic carbocycles. The molecule has 0 aliphatic heterocycles. The van der Waals surface area contributed by atoms with Crippen molar-refractivity contribution in [1.82, 2.24) is 5.32 Å². The summed E-state index contributed by atoms with van der Waals surface area (Å²) >= 11 is 0. The van der Waals surface area contributed by atoms with E-state index >= 15 is 0 Å². The molecule has 5 N–H and O–H groups in total. The molecule has 0 aliphatic rings. The lowest BCUT2D eigenvalue weighted by Gasteiger charge is -2.27. The van der Waals surface area contributed by atoms with Gasteiger partial charge in [0.15, 0.2) is 0 Å². The van der Waals surface area contributed by atoms with Crippen molar-refractivity contribution in [1.29, 1.82) is 0 Å². The highest BCUT2D eigenvalue weighted by Crippen LogP contribution is 2.14. The molecule has 0 aromatic rings.